The van der Waals surface area contributed by atoms with Crippen LogP contribution in [0, 0.1) is 23.6 Å². The molecule has 0 heterocycles. The number of aryl methyl sites for hydroxylation is 1. The molecule has 0 radical (unpaired) electrons. The predicted octanol–water partition coefficient (Wildman–Crippen LogP) is 9.76. The van der Waals surface area contributed by atoms with Crippen LogP contribution in [-0.4, -0.2) is 0 Å². The molecule has 2 saturated carbocycles. The van der Waals surface area contributed by atoms with Crippen molar-refractivity contribution in [2.75, 3.05) is 0 Å². The summed E-state index contributed by atoms with van der Waals surface area (Å²) in [5.41, 5.74) is 2.32. The van der Waals surface area contributed by atoms with Crippen LogP contribution in [-0.2, 0) is 6.42 Å². The fraction of sp³-hybridized carbons (Fsp3) is 0.613. The lowest BCUT2D eigenvalue weighted by molar-refractivity contribution is 0.156. The lowest BCUT2D eigenvalue weighted by Crippen LogP contribution is -2.25. The monoisotopic (exact) mass is 434 g/mol. The second-order valence-electron chi connectivity index (χ2n) is 10.7. The summed E-state index contributed by atoms with van der Waals surface area (Å²) in [5, 5.41) is 1.89. The van der Waals surface area contributed by atoms with Gasteiger partial charge in [0, 0.05) is 5.39 Å². The van der Waals surface area contributed by atoms with E-state index < -0.39 is 0 Å². The minimum atomic E-state index is 0.0498. The maximum absolute atomic E-state index is 15.5. The van der Waals surface area contributed by atoms with Crippen molar-refractivity contribution in [1.29, 1.82) is 0 Å². The highest BCUT2D eigenvalue weighted by Crippen LogP contribution is 2.45. The molecule has 0 atom stereocenters. The molecule has 174 valence electrons. The lowest BCUT2D eigenvalue weighted by Gasteiger charge is -2.38. The van der Waals surface area contributed by atoms with Crippen molar-refractivity contribution in [3.63, 3.8) is 0 Å². The summed E-state index contributed by atoms with van der Waals surface area (Å²) in [6, 6.07) is 10.7. The van der Waals surface area contributed by atoms with Crippen LogP contribution in [0.25, 0.3) is 10.8 Å². The van der Waals surface area contributed by atoms with Crippen LogP contribution in [0.15, 0.2) is 43.0 Å². The van der Waals surface area contributed by atoms with Crippen molar-refractivity contribution in [2.24, 2.45) is 17.8 Å². The van der Waals surface area contributed by atoms with Crippen molar-refractivity contribution in [3.8, 4) is 0 Å². The zero-order valence-corrected chi connectivity index (χ0v) is 20.3. The molecular weight excluding hydrogens is 391 g/mol. The molecule has 0 N–H and O–H groups in total. The molecule has 2 aliphatic rings. The zero-order chi connectivity index (χ0) is 22.3. The van der Waals surface area contributed by atoms with Gasteiger partial charge in [-0.25, -0.2) is 4.39 Å². The van der Waals surface area contributed by atoms with Gasteiger partial charge in [-0.2, -0.15) is 0 Å². The Morgan fingerprint density at radius 3 is 2.31 bits per heavy atom. The van der Waals surface area contributed by atoms with Gasteiger partial charge in [0.25, 0.3) is 0 Å². The van der Waals surface area contributed by atoms with Crippen molar-refractivity contribution in [1.82, 2.24) is 0 Å². The zero-order valence-electron chi connectivity index (χ0n) is 20.3. The third kappa shape index (κ3) is 5.64. The lowest BCUT2D eigenvalue weighted by atomic mass is 9.68. The van der Waals surface area contributed by atoms with Crippen LogP contribution in [0.1, 0.15) is 107 Å². The summed E-state index contributed by atoms with van der Waals surface area (Å²) in [6.07, 6.45) is 20.0. The van der Waals surface area contributed by atoms with E-state index in [9.17, 15) is 0 Å². The first-order valence-corrected chi connectivity index (χ1v) is 13.5. The largest absolute Gasteiger partial charge is 0.206 e. The van der Waals surface area contributed by atoms with Crippen LogP contribution in [0.2, 0.25) is 0 Å². The Morgan fingerprint density at radius 1 is 0.906 bits per heavy atom. The number of rotatable bonds is 9. The number of hydrogen-bond donors (Lipinski definition) is 0. The molecule has 2 aliphatic carbocycles. The summed E-state index contributed by atoms with van der Waals surface area (Å²) in [4.78, 5) is 0. The van der Waals surface area contributed by atoms with E-state index in [2.05, 4.69) is 43.8 Å². The van der Waals surface area contributed by atoms with Gasteiger partial charge in [0.05, 0.1) is 0 Å². The number of unbranched alkanes of at least 4 members (excludes halogenated alkanes) is 2. The molecule has 0 saturated heterocycles. The fourth-order valence-corrected chi connectivity index (χ4v) is 6.61. The summed E-state index contributed by atoms with van der Waals surface area (Å²) in [6.45, 7) is 6.12. The maximum atomic E-state index is 15.5. The second kappa shape index (κ2) is 11.5. The van der Waals surface area contributed by atoms with E-state index in [1.54, 1.807) is 0 Å². The highest BCUT2D eigenvalue weighted by molar-refractivity contribution is 5.84. The van der Waals surface area contributed by atoms with Gasteiger partial charge in [0.1, 0.15) is 5.82 Å². The van der Waals surface area contributed by atoms with Gasteiger partial charge in [-0.1, -0.05) is 69.0 Å². The smallest absolute Gasteiger partial charge is 0.134 e. The number of hydrogen-bond acceptors (Lipinski definition) is 0. The average molecular weight is 435 g/mol. The van der Waals surface area contributed by atoms with E-state index in [1.807, 2.05) is 6.07 Å². The van der Waals surface area contributed by atoms with Gasteiger partial charge in [0.2, 0.25) is 0 Å². The fourth-order valence-electron chi connectivity index (χ4n) is 6.61. The highest BCUT2D eigenvalue weighted by atomic mass is 19.1. The third-order valence-corrected chi connectivity index (χ3v) is 8.67. The van der Waals surface area contributed by atoms with E-state index in [4.69, 9.17) is 0 Å². The Bertz CT molecular complexity index is 865. The van der Waals surface area contributed by atoms with Gasteiger partial charge in [0.15, 0.2) is 0 Å². The average Bonchev–Trinajstić information content (AvgIpc) is 2.84. The van der Waals surface area contributed by atoms with Gasteiger partial charge in [-0.05, 0) is 104 Å². The van der Waals surface area contributed by atoms with Crippen molar-refractivity contribution >= 4 is 10.8 Å². The Balaban J connectivity index is 1.34. The molecule has 2 aromatic carbocycles. The normalized spacial score (nSPS) is 26.3. The van der Waals surface area contributed by atoms with Crippen molar-refractivity contribution in [2.45, 2.75) is 103 Å². The maximum Gasteiger partial charge on any atom is 0.134 e. The standard InChI is InChI=1S/C31H43F/c1-3-5-7-9-24-12-20-30-28(22-24)19-21-29(31(30)32)27-17-15-26(16-18-27)25-13-10-23(11-14-25)8-6-4-2/h4,12,19-23,25-27H,2-3,5-11,13-18H2,1H3. The molecule has 1 heteroatoms. The van der Waals surface area contributed by atoms with Crippen LogP contribution in [0.5, 0.6) is 0 Å². The Labute approximate surface area is 195 Å². The van der Waals surface area contributed by atoms with Crippen LogP contribution >= 0.6 is 0 Å². The molecule has 0 aliphatic heterocycles. The summed E-state index contributed by atoms with van der Waals surface area (Å²) >= 11 is 0. The second-order valence-corrected chi connectivity index (χ2v) is 10.7. The van der Waals surface area contributed by atoms with Gasteiger partial charge < -0.3 is 0 Å². The first-order valence-electron chi connectivity index (χ1n) is 13.5. The number of benzene rings is 2. The molecule has 0 bridgehead atoms. The predicted molar refractivity (Wildman–Crippen MR) is 137 cm³/mol. The number of fused-ring (bicyclic) bond motifs is 1. The SMILES string of the molecule is C=CCCC1CCC(C2CCC(c3ccc4cc(CCCCC)ccc4c3F)CC2)CC1. The summed E-state index contributed by atoms with van der Waals surface area (Å²) in [7, 11) is 0. The molecule has 4 rings (SSSR count). The van der Waals surface area contributed by atoms with Crippen molar-refractivity contribution in [3.05, 3.63) is 59.9 Å². The molecule has 32 heavy (non-hydrogen) atoms. The molecular formula is C31H43F. The molecule has 0 aromatic heterocycles. The van der Waals surface area contributed by atoms with E-state index in [0.29, 0.717) is 5.92 Å². The molecule has 0 nitrogen and oxygen atoms in total. The van der Waals surface area contributed by atoms with Gasteiger partial charge in [-0.15, -0.1) is 6.58 Å². The molecule has 0 spiro atoms. The topological polar surface area (TPSA) is 0 Å². The Hall–Kier alpha value is -1.63. The van der Waals surface area contributed by atoms with Crippen LogP contribution in [0.3, 0.4) is 0 Å². The first kappa shape index (κ1) is 23.5. The third-order valence-electron chi connectivity index (χ3n) is 8.67. The number of allylic oxidation sites excluding steroid dienone is 1. The minimum absolute atomic E-state index is 0.0498. The quantitative estimate of drug-likeness (QED) is 0.272. The van der Waals surface area contributed by atoms with Gasteiger partial charge >= 0.3 is 0 Å². The highest BCUT2D eigenvalue weighted by Gasteiger charge is 2.32. The van der Waals surface area contributed by atoms with Crippen LogP contribution in [0.4, 0.5) is 4.39 Å². The van der Waals surface area contributed by atoms with E-state index in [1.165, 1.54) is 89.0 Å². The van der Waals surface area contributed by atoms with Crippen molar-refractivity contribution < 1.29 is 4.39 Å². The molecule has 0 amide bonds. The summed E-state index contributed by atoms with van der Waals surface area (Å²) in [5.74, 6) is 3.18. The number of halogens is 1. The van der Waals surface area contributed by atoms with E-state index in [-0.39, 0.29) is 5.82 Å². The molecule has 0 unspecified atom stereocenters. The molecule has 2 fully saturated rings. The van der Waals surface area contributed by atoms with Gasteiger partial charge in [-0.3, -0.25) is 0 Å². The molecule has 2 aromatic rings. The Morgan fingerprint density at radius 2 is 1.62 bits per heavy atom. The van der Waals surface area contributed by atoms with E-state index in [0.717, 1.165) is 40.5 Å². The first-order chi connectivity index (χ1) is 15.7. The minimum Gasteiger partial charge on any atom is -0.206 e. The summed E-state index contributed by atoms with van der Waals surface area (Å²) < 4.78 is 15.5. The Kier molecular flexibility index (Phi) is 8.44. The van der Waals surface area contributed by atoms with Crippen LogP contribution < -0.4 is 0 Å². The van der Waals surface area contributed by atoms with E-state index >= 15 is 4.39 Å².